The molecular weight excluding hydrogens is 342 g/mol. The fraction of sp³-hybridized carbons (Fsp3) is 0.429. The lowest BCUT2D eigenvalue weighted by molar-refractivity contribution is 0.218. The average Bonchev–Trinajstić information content (AvgIpc) is 3.00. The molecular formula is C21H25N3OS. The van der Waals surface area contributed by atoms with E-state index in [1.54, 1.807) is 13.4 Å². The predicted molar refractivity (Wildman–Crippen MR) is 109 cm³/mol. The summed E-state index contributed by atoms with van der Waals surface area (Å²) < 4.78 is 5.24. The zero-order valence-corrected chi connectivity index (χ0v) is 16.6. The Kier molecular flexibility index (Phi) is 4.35. The molecule has 0 bridgehead atoms. The summed E-state index contributed by atoms with van der Waals surface area (Å²) in [4.78, 5) is 11.7. The van der Waals surface area contributed by atoms with Crippen LogP contribution in [-0.4, -0.2) is 17.1 Å². The molecule has 0 spiro atoms. The molecule has 2 aromatic heterocycles. The maximum Gasteiger partial charge on any atom is 0.142 e. The molecule has 0 saturated heterocycles. The van der Waals surface area contributed by atoms with Gasteiger partial charge in [-0.25, -0.2) is 9.97 Å². The van der Waals surface area contributed by atoms with Gasteiger partial charge in [-0.15, -0.1) is 11.3 Å². The van der Waals surface area contributed by atoms with Gasteiger partial charge in [-0.1, -0.05) is 20.8 Å². The number of rotatable bonds is 3. The van der Waals surface area contributed by atoms with Crippen LogP contribution in [-0.2, 0) is 12.8 Å². The minimum atomic E-state index is 0.351. The Morgan fingerprint density at radius 3 is 2.62 bits per heavy atom. The van der Waals surface area contributed by atoms with Gasteiger partial charge >= 0.3 is 0 Å². The van der Waals surface area contributed by atoms with Crippen molar-refractivity contribution in [2.75, 3.05) is 12.4 Å². The smallest absolute Gasteiger partial charge is 0.142 e. The third-order valence-corrected chi connectivity index (χ3v) is 6.59. The number of thiophene rings is 1. The summed E-state index contributed by atoms with van der Waals surface area (Å²) in [5.41, 5.74) is 2.81. The van der Waals surface area contributed by atoms with Gasteiger partial charge in [0.1, 0.15) is 22.7 Å². The first-order valence-corrected chi connectivity index (χ1v) is 9.93. The number of aryl methyl sites for hydroxylation is 1. The molecule has 1 aliphatic rings. The van der Waals surface area contributed by atoms with E-state index in [-0.39, 0.29) is 0 Å². The van der Waals surface area contributed by atoms with Gasteiger partial charge in [0.15, 0.2) is 0 Å². The van der Waals surface area contributed by atoms with Crippen molar-refractivity contribution < 1.29 is 4.74 Å². The highest BCUT2D eigenvalue weighted by atomic mass is 32.1. The molecule has 4 nitrogen and oxygen atoms in total. The number of benzene rings is 1. The van der Waals surface area contributed by atoms with Crippen molar-refractivity contribution in [3.05, 3.63) is 41.0 Å². The highest BCUT2D eigenvalue weighted by Crippen LogP contribution is 2.44. The molecule has 1 unspecified atom stereocenters. The Morgan fingerprint density at radius 1 is 1.15 bits per heavy atom. The Morgan fingerprint density at radius 2 is 1.92 bits per heavy atom. The highest BCUT2D eigenvalue weighted by Gasteiger charge is 2.31. The summed E-state index contributed by atoms with van der Waals surface area (Å²) in [5, 5.41) is 4.68. The molecule has 0 fully saturated rings. The van der Waals surface area contributed by atoms with Crippen LogP contribution >= 0.6 is 11.3 Å². The number of fused-ring (bicyclic) bond motifs is 3. The number of methoxy groups -OCH3 is 1. The second-order valence-electron chi connectivity index (χ2n) is 8.07. The van der Waals surface area contributed by atoms with E-state index < -0.39 is 0 Å². The SMILES string of the molecule is COc1ccc(Nc2ncnc3sc4c(c23)CCC(C(C)(C)C)C4)cc1. The number of hydrogen-bond donors (Lipinski definition) is 1. The van der Waals surface area contributed by atoms with E-state index in [0.29, 0.717) is 5.41 Å². The maximum atomic E-state index is 5.24. The van der Waals surface area contributed by atoms with Gasteiger partial charge in [-0.05, 0) is 60.4 Å². The molecule has 1 aliphatic carbocycles. The highest BCUT2D eigenvalue weighted by molar-refractivity contribution is 7.19. The van der Waals surface area contributed by atoms with Crippen LogP contribution in [0.1, 0.15) is 37.6 Å². The van der Waals surface area contributed by atoms with Crippen molar-refractivity contribution >= 4 is 33.1 Å². The van der Waals surface area contributed by atoms with Crippen molar-refractivity contribution in [3.63, 3.8) is 0 Å². The van der Waals surface area contributed by atoms with E-state index in [9.17, 15) is 0 Å². The van der Waals surface area contributed by atoms with Crippen LogP contribution in [0.3, 0.4) is 0 Å². The van der Waals surface area contributed by atoms with Gasteiger partial charge in [0.25, 0.3) is 0 Å². The minimum absolute atomic E-state index is 0.351. The molecule has 5 heteroatoms. The van der Waals surface area contributed by atoms with E-state index in [0.717, 1.165) is 40.8 Å². The number of aromatic nitrogens is 2. The third-order valence-electron chi connectivity index (χ3n) is 5.42. The number of nitrogens with one attached hydrogen (secondary N) is 1. The number of nitrogens with zero attached hydrogens (tertiary/aromatic N) is 2. The molecule has 1 aromatic carbocycles. The van der Waals surface area contributed by atoms with Crippen molar-refractivity contribution in [2.45, 2.75) is 40.0 Å². The molecule has 1 atom stereocenters. The van der Waals surface area contributed by atoms with Crippen molar-refractivity contribution in [3.8, 4) is 5.75 Å². The molecule has 0 saturated carbocycles. The zero-order valence-electron chi connectivity index (χ0n) is 15.8. The average molecular weight is 368 g/mol. The molecule has 26 heavy (non-hydrogen) atoms. The summed E-state index contributed by atoms with van der Waals surface area (Å²) >= 11 is 1.84. The van der Waals surface area contributed by atoms with Crippen LogP contribution in [0.15, 0.2) is 30.6 Å². The van der Waals surface area contributed by atoms with Gasteiger partial charge in [0.2, 0.25) is 0 Å². The predicted octanol–water partition coefficient (Wildman–Crippen LogP) is 5.59. The summed E-state index contributed by atoms with van der Waals surface area (Å²) in [7, 11) is 1.68. The monoisotopic (exact) mass is 367 g/mol. The topological polar surface area (TPSA) is 47.0 Å². The fourth-order valence-corrected chi connectivity index (χ4v) is 5.02. The van der Waals surface area contributed by atoms with Crippen LogP contribution in [0.4, 0.5) is 11.5 Å². The van der Waals surface area contributed by atoms with E-state index in [4.69, 9.17) is 4.74 Å². The van der Waals surface area contributed by atoms with Crippen LogP contribution in [0.2, 0.25) is 0 Å². The molecule has 1 N–H and O–H groups in total. The minimum Gasteiger partial charge on any atom is -0.497 e. The number of anilines is 2. The number of hydrogen-bond acceptors (Lipinski definition) is 5. The van der Waals surface area contributed by atoms with E-state index in [1.807, 2.05) is 35.6 Å². The zero-order chi connectivity index (χ0) is 18.3. The first kappa shape index (κ1) is 17.3. The van der Waals surface area contributed by atoms with Gasteiger partial charge < -0.3 is 10.1 Å². The van der Waals surface area contributed by atoms with Crippen LogP contribution in [0, 0.1) is 11.3 Å². The Hall–Kier alpha value is -2.14. The summed E-state index contributed by atoms with van der Waals surface area (Å²) in [6.07, 6.45) is 5.17. The lowest BCUT2D eigenvalue weighted by Crippen LogP contribution is -2.26. The fourth-order valence-electron chi connectivity index (χ4n) is 3.76. The standard InChI is InChI=1S/C21H25N3OS/c1-21(2,3)13-5-10-16-17(11-13)26-20-18(16)19(22-12-23-20)24-14-6-8-15(25-4)9-7-14/h6-9,12-13H,5,10-11H2,1-4H3,(H,22,23,24). The normalized spacial score (nSPS) is 17.2. The second kappa shape index (κ2) is 6.54. The van der Waals surface area contributed by atoms with E-state index in [1.165, 1.54) is 22.2 Å². The lowest BCUT2D eigenvalue weighted by Gasteiger charge is -2.33. The lowest BCUT2D eigenvalue weighted by atomic mass is 9.72. The second-order valence-corrected chi connectivity index (χ2v) is 9.15. The molecule has 0 aliphatic heterocycles. The van der Waals surface area contributed by atoms with Crippen molar-refractivity contribution in [1.29, 1.82) is 0 Å². The molecule has 136 valence electrons. The van der Waals surface area contributed by atoms with Crippen LogP contribution in [0.5, 0.6) is 5.75 Å². The third kappa shape index (κ3) is 3.16. The molecule has 0 amide bonds. The first-order valence-electron chi connectivity index (χ1n) is 9.12. The van der Waals surface area contributed by atoms with Crippen LogP contribution < -0.4 is 10.1 Å². The van der Waals surface area contributed by atoms with Crippen LogP contribution in [0.25, 0.3) is 10.2 Å². The van der Waals surface area contributed by atoms with Crippen molar-refractivity contribution in [2.24, 2.45) is 11.3 Å². The summed E-state index contributed by atoms with van der Waals surface area (Å²) in [6, 6.07) is 7.94. The van der Waals surface area contributed by atoms with Gasteiger partial charge in [-0.3, -0.25) is 0 Å². The van der Waals surface area contributed by atoms with Gasteiger partial charge in [-0.2, -0.15) is 0 Å². The molecule has 4 rings (SSSR count). The Balaban J connectivity index is 1.70. The van der Waals surface area contributed by atoms with E-state index >= 15 is 0 Å². The Labute approximate surface area is 158 Å². The summed E-state index contributed by atoms with van der Waals surface area (Å²) in [5.74, 6) is 2.49. The first-order chi connectivity index (χ1) is 12.5. The van der Waals surface area contributed by atoms with Crippen molar-refractivity contribution in [1.82, 2.24) is 9.97 Å². The van der Waals surface area contributed by atoms with E-state index in [2.05, 4.69) is 36.1 Å². The van der Waals surface area contributed by atoms with Gasteiger partial charge in [0, 0.05) is 10.6 Å². The summed E-state index contributed by atoms with van der Waals surface area (Å²) in [6.45, 7) is 7.06. The molecule has 0 radical (unpaired) electrons. The largest absolute Gasteiger partial charge is 0.497 e. The quantitative estimate of drug-likeness (QED) is 0.655. The Bertz CT molecular complexity index is 925. The number of ether oxygens (including phenoxy) is 1. The maximum absolute atomic E-state index is 5.24. The molecule has 2 heterocycles. The van der Waals surface area contributed by atoms with Gasteiger partial charge in [0.05, 0.1) is 12.5 Å². The molecule has 3 aromatic rings.